The van der Waals surface area contributed by atoms with Crippen LogP contribution in [0, 0.1) is 0 Å². The summed E-state index contributed by atoms with van der Waals surface area (Å²) in [7, 11) is 0. The van der Waals surface area contributed by atoms with Gasteiger partial charge in [0.2, 0.25) is 0 Å². The lowest BCUT2D eigenvalue weighted by Crippen LogP contribution is -2.20. The minimum Gasteiger partial charge on any atom is -0.289 e. The predicted molar refractivity (Wildman–Crippen MR) is 95.1 cm³/mol. The largest absolute Gasteiger partial charge is 0.289 e. The molecule has 24 heavy (non-hydrogen) atoms. The second-order valence-electron chi connectivity index (χ2n) is 5.75. The van der Waals surface area contributed by atoms with Gasteiger partial charge in [-0.05, 0) is 23.3 Å². The third-order valence-electron chi connectivity index (χ3n) is 4.22. The lowest BCUT2D eigenvalue weighted by Gasteiger charge is -2.17. The van der Waals surface area contributed by atoms with Crippen LogP contribution in [0.1, 0.15) is 43.0 Å². The van der Waals surface area contributed by atoms with Crippen LogP contribution >= 0.6 is 0 Å². The Morgan fingerprint density at radius 1 is 0.500 bits per heavy atom. The lowest BCUT2D eigenvalue weighted by molar-refractivity contribution is 0.0979. The summed E-state index contributed by atoms with van der Waals surface area (Å²) < 4.78 is 0. The minimum atomic E-state index is -0.0878. The molecular formula is C22H14O2. The fourth-order valence-corrected chi connectivity index (χ4v) is 2.98. The Labute approximate surface area is 140 Å². The second kappa shape index (κ2) is 5.74. The zero-order valence-electron chi connectivity index (χ0n) is 12.9. The van der Waals surface area contributed by atoms with Crippen molar-refractivity contribution in [1.29, 1.82) is 0 Å². The normalized spacial score (nSPS) is 13.0. The van der Waals surface area contributed by atoms with Crippen molar-refractivity contribution in [2.75, 3.05) is 0 Å². The summed E-state index contributed by atoms with van der Waals surface area (Å²) >= 11 is 0. The number of carbonyl (C=O) groups is 2. The van der Waals surface area contributed by atoms with Gasteiger partial charge in [0.15, 0.2) is 11.6 Å². The maximum absolute atomic E-state index is 12.7. The maximum Gasteiger partial charge on any atom is 0.194 e. The molecule has 1 aliphatic carbocycles. The van der Waals surface area contributed by atoms with Gasteiger partial charge < -0.3 is 0 Å². The summed E-state index contributed by atoms with van der Waals surface area (Å²) in [5.41, 5.74) is 3.92. The van der Waals surface area contributed by atoms with Gasteiger partial charge >= 0.3 is 0 Å². The molecule has 0 radical (unpaired) electrons. The third kappa shape index (κ3) is 2.38. The van der Waals surface area contributed by atoms with E-state index in [1.165, 1.54) is 0 Å². The van der Waals surface area contributed by atoms with Crippen LogP contribution in [0.15, 0.2) is 72.8 Å². The molecule has 0 heterocycles. The molecule has 4 rings (SSSR count). The highest BCUT2D eigenvalue weighted by atomic mass is 16.1. The molecule has 2 nitrogen and oxygen atoms in total. The molecule has 1 aliphatic rings. The van der Waals surface area contributed by atoms with Crippen molar-refractivity contribution in [2.24, 2.45) is 0 Å². The summed E-state index contributed by atoms with van der Waals surface area (Å²) in [5, 5.41) is 0. The van der Waals surface area contributed by atoms with E-state index in [0.29, 0.717) is 22.3 Å². The smallest absolute Gasteiger partial charge is 0.194 e. The number of hydrogen-bond acceptors (Lipinski definition) is 2. The average molecular weight is 310 g/mol. The monoisotopic (exact) mass is 310 g/mol. The number of benzene rings is 3. The van der Waals surface area contributed by atoms with Crippen LogP contribution in [0.4, 0.5) is 0 Å². The van der Waals surface area contributed by atoms with E-state index in [2.05, 4.69) is 0 Å². The standard InChI is InChI=1S/C22H14O2/c23-21-17-8-4-5-9-18(17)22(24)20-14-16(12-13-19(20)21)11-10-15-6-2-1-3-7-15/h1-14H/b11-10+. The Balaban J connectivity index is 1.75. The van der Waals surface area contributed by atoms with Gasteiger partial charge in [-0.3, -0.25) is 9.59 Å². The van der Waals surface area contributed by atoms with Crippen LogP contribution < -0.4 is 0 Å². The number of ketones is 2. The van der Waals surface area contributed by atoms with Gasteiger partial charge in [-0.2, -0.15) is 0 Å². The van der Waals surface area contributed by atoms with Crippen LogP contribution in [0.25, 0.3) is 12.2 Å². The van der Waals surface area contributed by atoms with Gasteiger partial charge in [-0.1, -0.05) is 72.8 Å². The van der Waals surface area contributed by atoms with E-state index in [9.17, 15) is 9.59 Å². The molecule has 3 aromatic carbocycles. The molecule has 3 aromatic rings. The highest BCUT2D eigenvalue weighted by Gasteiger charge is 2.28. The van der Waals surface area contributed by atoms with Crippen LogP contribution in [-0.2, 0) is 0 Å². The van der Waals surface area contributed by atoms with Crippen LogP contribution in [-0.4, -0.2) is 11.6 Å². The molecule has 0 saturated carbocycles. The van der Waals surface area contributed by atoms with E-state index in [1.807, 2.05) is 48.6 Å². The molecule has 0 saturated heterocycles. The van der Waals surface area contributed by atoms with Gasteiger partial charge in [0, 0.05) is 22.3 Å². The van der Waals surface area contributed by atoms with Gasteiger partial charge in [-0.15, -0.1) is 0 Å². The van der Waals surface area contributed by atoms with Gasteiger partial charge in [0.1, 0.15) is 0 Å². The van der Waals surface area contributed by atoms with Crippen LogP contribution in [0.3, 0.4) is 0 Å². The Morgan fingerprint density at radius 3 is 1.75 bits per heavy atom. The molecule has 0 bridgehead atoms. The minimum absolute atomic E-state index is 0.0845. The van der Waals surface area contributed by atoms with Crippen molar-refractivity contribution in [3.8, 4) is 0 Å². The van der Waals surface area contributed by atoms with E-state index in [0.717, 1.165) is 11.1 Å². The van der Waals surface area contributed by atoms with Crippen molar-refractivity contribution >= 4 is 23.7 Å². The van der Waals surface area contributed by atoms with Gasteiger partial charge in [0.05, 0.1) is 0 Å². The third-order valence-corrected chi connectivity index (χ3v) is 4.22. The van der Waals surface area contributed by atoms with Gasteiger partial charge in [-0.25, -0.2) is 0 Å². The average Bonchev–Trinajstić information content (AvgIpc) is 2.65. The van der Waals surface area contributed by atoms with E-state index in [1.54, 1.807) is 36.4 Å². The summed E-state index contributed by atoms with van der Waals surface area (Å²) in [6.07, 6.45) is 3.94. The highest BCUT2D eigenvalue weighted by Crippen LogP contribution is 2.28. The molecule has 0 unspecified atom stereocenters. The predicted octanol–water partition coefficient (Wildman–Crippen LogP) is 4.63. The number of fused-ring (bicyclic) bond motifs is 2. The molecule has 0 spiro atoms. The van der Waals surface area contributed by atoms with E-state index in [4.69, 9.17) is 0 Å². The summed E-state index contributed by atoms with van der Waals surface area (Å²) in [6, 6.07) is 22.4. The van der Waals surface area contributed by atoms with Crippen molar-refractivity contribution in [2.45, 2.75) is 0 Å². The Kier molecular flexibility index (Phi) is 3.43. The molecule has 114 valence electrons. The molecule has 0 aliphatic heterocycles. The summed E-state index contributed by atoms with van der Waals surface area (Å²) in [4.78, 5) is 25.3. The number of rotatable bonds is 2. The molecule has 0 fully saturated rings. The van der Waals surface area contributed by atoms with E-state index >= 15 is 0 Å². The molecule has 2 heteroatoms. The number of hydrogen-bond donors (Lipinski definition) is 0. The zero-order valence-corrected chi connectivity index (χ0v) is 12.9. The van der Waals surface area contributed by atoms with Crippen LogP contribution in [0.2, 0.25) is 0 Å². The SMILES string of the molecule is O=C1c2ccccc2C(=O)c2cc(/C=C/c3ccccc3)ccc21. The van der Waals surface area contributed by atoms with Crippen molar-refractivity contribution in [3.63, 3.8) is 0 Å². The van der Waals surface area contributed by atoms with Crippen molar-refractivity contribution in [3.05, 3.63) is 106 Å². The zero-order chi connectivity index (χ0) is 16.5. The molecular weight excluding hydrogens is 296 g/mol. The quantitative estimate of drug-likeness (QED) is 0.506. The van der Waals surface area contributed by atoms with Crippen LogP contribution in [0.5, 0.6) is 0 Å². The highest BCUT2D eigenvalue weighted by molar-refractivity contribution is 6.28. The molecule has 0 aromatic heterocycles. The molecule has 0 atom stereocenters. The first-order valence-electron chi connectivity index (χ1n) is 7.79. The lowest BCUT2D eigenvalue weighted by atomic mass is 9.83. The Hall–Kier alpha value is -3.26. The fraction of sp³-hybridized carbons (Fsp3) is 0. The number of carbonyl (C=O) groups excluding carboxylic acids is 2. The molecule has 0 N–H and O–H groups in total. The topological polar surface area (TPSA) is 34.1 Å². The molecule has 0 amide bonds. The van der Waals surface area contributed by atoms with E-state index in [-0.39, 0.29) is 11.6 Å². The second-order valence-corrected chi connectivity index (χ2v) is 5.75. The van der Waals surface area contributed by atoms with Crippen molar-refractivity contribution < 1.29 is 9.59 Å². The first-order chi connectivity index (χ1) is 11.7. The first-order valence-corrected chi connectivity index (χ1v) is 7.79. The fourth-order valence-electron chi connectivity index (χ4n) is 2.98. The summed E-state index contributed by atoms with van der Waals surface area (Å²) in [5.74, 6) is -0.172. The summed E-state index contributed by atoms with van der Waals surface area (Å²) in [6.45, 7) is 0. The van der Waals surface area contributed by atoms with Gasteiger partial charge in [0.25, 0.3) is 0 Å². The first kappa shape index (κ1) is 14.3. The Bertz CT molecular complexity index is 982. The van der Waals surface area contributed by atoms with Crippen molar-refractivity contribution in [1.82, 2.24) is 0 Å². The maximum atomic E-state index is 12.7. The Morgan fingerprint density at radius 2 is 1.04 bits per heavy atom. The van der Waals surface area contributed by atoms with E-state index < -0.39 is 0 Å².